The second-order valence-corrected chi connectivity index (χ2v) is 4.34. The Labute approximate surface area is 117 Å². The van der Waals surface area contributed by atoms with Gasteiger partial charge in [-0.05, 0) is 12.1 Å². The highest BCUT2D eigenvalue weighted by Crippen LogP contribution is 2.36. The maximum atomic E-state index is 12.9. The summed E-state index contributed by atoms with van der Waals surface area (Å²) in [6.45, 7) is 0. The van der Waals surface area contributed by atoms with E-state index in [2.05, 4.69) is 15.3 Å². The van der Waals surface area contributed by atoms with E-state index >= 15 is 0 Å². The molecule has 0 atom stereocenters. The molecule has 3 rings (SSSR count). The lowest BCUT2D eigenvalue weighted by Crippen LogP contribution is -2.08. The van der Waals surface area contributed by atoms with E-state index in [0.29, 0.717) is 5.56 Å². The Morgan fingerprint density at radius 2 is 1.71 bits per heavy atom. The van der Waals surface area contributed by atoms with Crippen LogP contribution in [-0.4, -0.2) is 20.0 Å². The van der Waals surface area contributed by atoms with Gasteiger partial charge in [0.1, 0.15) is 0 Å². The minimum absolute atomic E-state index is 0.155. The standard InChI is InChI=1S/C13H9F3N4O/c1-20-7-9(10(19-20)13(14,15)16)12-18-17-11(21-12)8-5-3-2-4-6-8/h2-7H,1H3. The van der Waals surface area contributed by atoms with Crippen molar-refractivity contribution in [2.75, 3.05) is 0 Å². The van der Waals surface area contributed by atoms with E-state index in [9.17, 15) is 13.2 Å². The van der Waals surface area contributed by atoms with E-state index in [0.717, 1.165) is 4.68 Å². The van der Waals surface area contributed by atoms with Gasteiger partial charge < -0.3 is 4.42 Å². The van der Waals surface area contributed by atoms with Crippen molar-refractivity contribution in [3.05, 3.63) is 42.2 Å². The number of nitrogens with zero attached hydrogens (tertiary/aromatic N) is 4. The van der Waals surface area contributed by atoms with Gasteiger partial charge in [0.2, 0.25) is 5.89 Å². The first-order chi connectivity index (χ1) is 9.95. The molecule has 0 aliphatic rings. The summed E-state index contributed by atoms with van der Waals surface area (Å²) in [5, 5.41) is 10.9. The molecule has 0 unspecified atom stereocenters. The molecule has 1 aromatic carbocycles. The lowest BCUT2D eigenvalue weighted by atomic mass is 10.2. The van der Waals surface area contributed by atoms with Crippen LogP contribution in [0, 0.1) is 0 Å². The number of aryl methyl sites for hydroxylation is 1. The van der Waals surface area contributed by atoms with E-state index < -0.39 is 11.9 Å². The van der Waals surface area contributed by atoms with Crippen molar-refractivity contribution in [2.24, 2.45) is 7.05 Å². The minimum atomic E-state index is -4.59. The fraction of sp³-hybridized carbons (Fsp3) is 0.154. The average Bonchev–Trinajstić information content (AvgIpc) is 3.05. The molecular weight excluding hydrogens is 285 g/mol. The Kier molecular flexibility index (Phi) is 3.00. The SMILES string of the molecule is Cn1cc(-c2nnc(-c3ccccc3)o2)c(C(F)(F)F)n1. The molecule has 2 aromatic heterocycles. The third-order valence-corrected chi connectivity index (χ3v) is 2.77. The molecule has 0 bridgehead atoms. The predicted molar refractivity (Wildman–Crippen MR) is 66.9 cm³/mol. The van der Waals surface area contributed by atoms with Crippen molar-refractivity contribution in [3.63, 3.8) is 0 Å². The Morgan fingerprint density at radius 3 is 2.38 bits per heavy atom. The van der Waals surface area contributed by atoms with Crippen molar-refractivity contribution in [3.8, 4) is 22.9 Å². The van der Waals surface area contributed by atoms with Crippen LogP contribution < -0.4 is 0 Å². The van der Waals surface area contributed by atoms with Crippen LogP contribution in [0.5, 0.6) is 0 Å². The Bertz CT molecular complexity index is 761. The number of hydrogen-bond acceptors (Lipinski definition) is 4. The highest BCUT2D eigenvalue weighted by Gasteiger charge is 2.38. The van der Waals surface area contributed by atoms with Gasteiger partial charge in [0.15, 0.2) is 5.69 Å². The van der Waals surface area contributed by atoms with Crippen molar-refractivity contribution in [1.29, 1.82) is 0 Å². The van der Waals surface area contributed by atoms with Gasteiger partial charge in [-0.1, -0.05) is 18.2 Å². The fourth-order valence-electron chi connectivity index (χ4n) is 1.88. The molecule has 0 spiro atoms. The molecular formula is C13H9F3N4O. The van der Waals surface area contributed by atoms with Gasteiger partial charge in [-0.3, -0.25) is 4.68 Å². The summed E-state index contributed by atoms with van der Waals surface area (Å²) in [5.74, 6) is -0.0585. The van der Waals surface area contributed by atoms with Crippen molar-refractivity contribution in [1.82, 2.24) is 20.0 Å². The topological polar surface area (TPSA) is 56.7 Å². The molecule has 0 N–H and O–H groups in total. The smallest absolute Gasteiger partial charge is 0.416 e. The van der Waals surface area contributed by atoms with E-state index in [1.807, 2.05) is 6.07 Å². The molecule has 21 heavy (non-hydrogen) atoms. The van der Waals surface area contributed by atoms with Crippen molar-refractivity contribution in [2.45, 2.75) is 6.18 Å². The van der Waals surface area contributed by atoms with E-state index in [4.69, 9.17) is 4.42 Å². The highest BCUT2D eigenvalue weighted by atomic mass is 19.4. The predicted octanol–water partition coefficient (Wildman–Crippen LogP) is 3.16. The number of rotatable bonds is 2. The molecule has 2 heterocycles. The maximum Gasteiger partial charge on any atom is 0.435 e. The lowest BCUT2D eigenvalue weighted by Gasteiger charge is -2.02. The van der Waals surface area contributed by atoms with Crippen LogP contribution in [0.1, 0.15) is 5.69 Å². The molecule has 0 fully saturated rings. The van der Waals surface area contributed by atoms with Crippen LogP contribution in [0.15, 0.2) is 40.9 Å². The molecule has 0 saturated heterocycles. The van der Waals surface area contributed by atoms with Crippen LogP contribution in [0.4, 0.5) is 13.2 Å². The third-order valence-electron chi connectivity index (χ3n) is 2.77. The highest BCUT2D eigenvalue weighted by molar-refractivity contribution is 5.59. The summed E-state index contributed by atoms with van der Waals surface area (Å²) < 4.78 is 45.1. The average molecular weight is 294 g/mol. The lowest BCUT2D eigenvalue weighted by molar-refractivity contribution is -0.141. The number of alkyl halides is 3. The number of hydrogen-bond donors (Lipinski definition) is 0. The van der Waals surface area contributed by atoms with Crippen LogP contribution in [0.2, 0.25) is 0 Å². The van der Waals surface area contributed by atoms with Gasteiger partial charge in [-0.15, -0.1) is 10.2 Å². The number of aromatic nitrogens is 4. The summed E-state index contributed by atoms with van der Waals surface area (Å²) in [6.07, 6.45) is -3.39. The molecule has 8 heteroatoms. The fourth-order valence-corrected chi connectivity index (χ4v) is 1.88. The van der Waals surface area contributed by atoms with Gasteiger partial charge in [0, 0.05) is 18.8 Å². The van der Waals surface area contributed by atoms with Crippen molar-refractivity contribution < 1.29 is 17.6 Å². The summed E-state index contributed by atoms with van der Waals surface area (Å²) >= 11 is 0. The van der Waals surface area contributed by atoms with Gasteiger partial charge in [-0.2, -0.15) is 18.3 Å². The quantitative estimate of drug-likeness (QED) is 0.728. The maximum absolute atomic E-state index is 12.9. The van der Waals surface area contributed by atoms with Crippen LogP contribution in [0.3, 0.4) is 0 Å². The van der Waals surface area contributed by atoms with Gasteiger partial charge in [0.05, 0.1) is 5.56 Å². The summed E-state index contributed by atoms with van der Waals surface area (Å²) in [6, 6.07) is 8.80. The monoisotopic (exact) mass is 294 g/mol. The van der Waals surface area contributed by atoms with E-state index in [-0.39, 0.29) is 17.3 Å². The normalized spacial score (nSPS) is 11.8. The van der Waals surface area contributed by atoms with Crippen LogP contribution in [0.25, 0.3) is 22.9 Å². The van der Waals surface area contributed by atoms with Gasteiger partial charge >= 0.3 is 6.18 Å². The molecule has 3 aromatic rings. The zero-order valence-electron chi connectivity index (χ0n) is 10.8. The third kappa shape index (κ3) is 2.51. The van der Waals surface area contributed by atoms with Gasteiger partial charge in [-0.25, -0.2) is 0 Å². The largest absolute Gasteiger partial charge is 0.435 e. The number of halogens is 3. The second kappa shape index (κ2) is 4.72. The van der Waals surface area contributed by atoms with E-state index in [1.165, 1.54) is 13.2 Å². The molecule has 108 valence electrons. The number of benzene rings is 1. The Balaban J connectivity index is 2.05. The second-order valence-electron chi connectivity index (χ2n) is 4.34. The minimum Gasteiger partial charge on any atom is -0.416 e. The van der Waals surface area contributed by atoms with Crippen LogP contribution in [-0.2, 0) is 13.2 Å². The Morgan fingerprint density at radius 1 is 1.05 bits per heavy atom. The molecule has 5 nitrogen and oxygen atoms in total. The summed E-state index contributed by atoms with van der Waals surface area (Å²) in [7, 11) is 1.40. The zero-order chi connectivity index (χ0) is 15.0. The van der Waals surface area contributed by atoms with E-state index in [1.54, 1.807) is 24.3 Å². The molecule has 0 saturated carbocycles. The van der Waals surface area contributed by atoms with Crippen LogP contribution >= 0.6 is 0 Å². The Hall–Kier alpha value is -2.64. The van der Waals surface area contributed by atoms with Crippen molar-refractivity contribution >= 4 is 0 Å². The summed E-state index contributed by atoms with van der Waals surface area (Å²) in [5.41, 5.74) is -0.651. The first-order valence-electron chi connectivity index (χ1n) is 5.95. The first-order valence-corrected chi connectivity index (χ1v) is 5.95. The molecule has 0 amide bonds. The summed E-state index contributed by atoms with van der Waals surface area (Å²) in [4.78, 5) is 0. The molecule has 0 aliphatic carbocycles. The first kappa shape index (κ1) is 13.3. The van der Waals surface area contributed by atoms with Gasteiger partial charge in [0.25, 0.3) is 5.89 Å². The zero-order valence-corrected chi connectivity index (χ0v) is 10.8. The molecule has 0 aliphatic heterocycles. The molecule has 0 radical (unpaired) electrons.